The minimum absolute atomic E-state index is 0.0000309. The lowest BCUT2D eigenvalue weighted by atomic mass is 9.85. The van der Waals surface area contributed by atoms with E-state index >= 15 is 0 Å². The van der Waals surface area contributed by atoms with Crippen molar-refractivity contribution in [2.45, 2.75) is 46.5 Å². The summed E-state index contributed by atoms with van der Waals surface area (Å²) in [5.41, 5.74) is -0.505. The lowest BCUT2D eigenvalue weighted by Gasteiger charge is -2.21. The maximum Gasteiger partial charge on any atom is 0.303 e. The number of amides is 1. The standard InChI is InChI=1S/C13H25NO4/c1-4-7-18-8-5-6-14-11(15)9-13(2,3)10-12(16)17/h4-10H2,1-3H3,(H,14,15)(H,16,17). The quantitative estimate of drug-likeness (QED) is 0.587. The molecule has 0 rings (SSSR count). The highest BCUT2D eigenvalue weighted by Crippen LogP contribution is 2.24. The summed E-state index contributed by atoms with van der Waals surface area (Å²) in [6, 6.07) is 0. The zero-order chi connectivity index (χ0) is 14.0. The number of carboxylic acid groups (broad SMARTS) is 1. The highest BCUT2D eigenvalue weighted by Gasteiger charge is 2.24. The van der Waals surface area contributed by atoms with Crippen LogP contribution in [-0.2, 0) is 14.3 Å². The molecule has 2 N–H and O–H groups in total. The van der Waals surface area contributed by atoms with Gasteiger partial charge < -0.3 is 15.2 Å². The number of hydrogen-bond donors (Lipinski definition) is 2. The van der Waals surface area contributed by atoms with Gasteiger partial charge >= 0.3 is 5.97 Å². The Morgan fingerprint density at radius 2 is 1.89 bits per heavy atom. The Kier molecular flexibility index (Phi) is 8.37. The molecule has 0 aromatic heterocycles. The highest BCUT2D eigenvalue weighted by atomic mass is 16.5. The predicted molar refractivity (Wildman–Crippen MR) is 69.4 cm³/mol. The van der Waals surface area contributed by atoms with Crippen molar-refractivity contribution >= 4 is 11.9 Å². The average Bonchev–Trinajstić information content (AvgIpc) is 2.20. The summed E-state index contributed by atoms with van der Waals surface area (Å²) >= 11 is 0. The Morgan fingerprint density at radius 1 is 1.22 bits per heavy atom. The molecule has 0 radical (unpaired) electrons. The first-order valence-electron chi connectivity index (χ1n) is 6.43. The lowest BCUT2D eigenvalue weighted by Crippen LogP contribution is -2.31. The van der Waals surface area contributed by atoms with Crippen LogP contribution in [0.3, 0.4) is 0 Å². The Morgan fingerprint density at radius 3 is 2.44 bits per heavy atom. The second-order valence-corrected chi connectivity index (χ2v) is 5.23. The number of carbonyl (C=O) groups excluding carboxylic acids is 1. The third kappa shape index (κ3) is 10.1. The molecule has 0 aliphatic rings. The van der Waals surface area contributed by atoms with Gasteiger partial charge in [0.25, 0.3) is 0 Å². The van der Waals surface area contributed by atoms with E-state index in [9.17, 15) is 9.59 Å². The molecule has 0 aliphatic heterocycles. The van der Waals surface area contributed by atoms with E-state index in [0.29, 0.717) is 13.2 Å². The number of rotatable bonds is 10. The first-order chi connectivity index (χ1) is 8.37. The Balaban J connectivity index is 3.67. The summed E-state index contributed by atoms with van der Waals surface area (Å²) in [4.78, 5) is 22.2. The number of nitrogens with one attached hydrogen (secondary N) is 1. The largest absolute Gasteiger partial charge is 0.481 e. The summed E-state index contributed by atoms with van der Waals surface area (Å²) in [7, 11) is 0. The molecule has 5 nitrogen and oxygen atoms in total. The fraction of sp³-hybridized carbons (Fsp3) is 0.846. The molecule has 0 saturated heterocycles. The lowest BCUT2D eigenvalue weighted by molar-refractivity contribution is -0.139. The zero-order valence-electron chi connectivity index (χ0n) is 11.6. The Labute approximate surface area is 109 Å². The summed E-state index contributed by atoms with van der Waals surface area (Å²) in [5, 5.41) is 11.5. The van der Waals surface area contributed by atoms with Gasteiger partial charge in [-0.2, -0.15) is 0 Å². The number of carbonyl (C=O) groups is 2. The van der Waals surface area contributed by atoms with E-state index in [1.54, 1.807) is 13.8 Å². The van der Waals surface area contributed by atoms with Crippen LogP contribution in [0.1, 0.15) is 46.5 Å². The SMILES string of the molecule is CCCOCCCNC(=O)CC(C)(C)CC(=O)O. The van der Waals surface area contributed by atoms with Gasteiger partial charge in [-0.3, -0.25) is 9.59 Å². The molecular formula is C13H25NO4. The Hall–Kier alpha value is -1.10. The van der Waals surface area contributed by atoms with Crippen LogP contribution in [0.2, 0.25) is 0 Å². The van der Waals surface area contributed by atoms with Crippen LogP contribution in [0, 0.1) is 5.41 Å². The van der Waals surface area contributed by atoms with Crippen molar-refractivity contribution < 1.29 is 19.4 Å². The molecular weight excluding hydrogens is 234 g/mol. The van der Waals surface area contributed by atoms with Gasteiger partial charge in [-0.25, -0.2) is 0 Å². The highest BCUT2D eigenvalue weighted by molar-refractivity contribution is 5.77. The average molecular weight is 259 g/mol. The fourth-order valence-corrected chi connectivity index (χ4v) is 1.62. The van der Waals surface area contributed by atoms with E-state index in [2.05, 4.69) is 5.32 Å². The topological polar surface area (TPSA) is 75.6 Å². The van der Waals surface area contributed by atoms with E-state index in [0.717, 1.165) is 19.4 Å². The minimum Gasteiger partial charge on any atom is -0.481 e. The van der Waals surface area contributed by atoms with Crippen molar-refractivity contribution in [1.82, 2.24) is 5.32 Å². The molecule has 0 atom stereocenters. The van der Waals surface area contributed by atoms with Crippen LogP contribution in [0.4, 0.5) is 0 Å². The summed E-state index contributed by atoms with van der Waals surface area (Å²) in [6.07, 6.45) is 2.01. The summed E-state index contributed by atoms with van der Waals surface area (Å²) in [6.45, 7) is 7.58. The van der Waals surface area contributed by atoms with Crippen molar-refractivity contribution in [3.05, 3.63) is 0 Å². The molecule has 0 fully saturated rings. The summed E-state index contributed by atoms with van der Waals surface area (Å²) in [5.74, 6) is -0.975. The summed E-state index contributed by atoms with van der Waals surface area (Å²) < 4.78 is 5.29. The van der Waals surface area contributed by atoms with Crippen LogP contribution in [0.15, 0.2) is 0 Å². The Bertz CT molecular complexity index is 264. The monoisotopic (exact) mass is 259 g/mol. The van der Waals surface area contributed by atoms with Crippen LogP contribution < -0.4 is 5.32 Å². The molecule has 0 heterocycles. The van der Waals surface area contributed by atoms with Gasteiger partial charge in [0.15, 0.2) is 0 Å². The number of carboxylic acids is 1. The zero-order valence-corrected chi connectivity index (χ0v) is 11.6. The number of ether oxygens (including phenoxy) is 1. The molecule has 1 amide bonds. The van der Waals surface area contributed by atoms with Crippen LogP contribution >= 0.6 is 0 Å². The second kappa shape index (κ2) is 8.91. The van der Waals surface area contributed by atoms with Crippen molar-refractivity contribution in [3.63, 3.8) is 0 Å². The van der Waals surface area contributed by atoms with Crippen molar-refractivity contribution in [2.75, 3.05) is 19.8 Å². The van der Waals surface area contributed by atoms with Crippen molar-refractivity contribution in [3.8, 4) is 0 Å². The van der Waals surface area contributed by atoms with E-state index in [4.69, 9.17) is 9.84 Å². The smallest absolute Gasteiger partial charge is 0.303 e. The molecule has 5 heteroatoms. The van der Waals surface area contributed by atoms with Crippen LogP contribution in [-0.4, -0.2) is 36.7 Å². The van der Waals surface area contributed by atoms with Crippen molar-refractivity contribution in [2.24, 2.45) is 5.41 Å². The first-order valence-corrected chi connectivity index (χ1v) is 6.43. The molecule has 0 unspecified atom stereocenters. The van der Waals surface area contributed by atoms with Gasteiger partial charge in [0, 0.05) is 26.2 Å². The van der Waals surface area contributed by atoms with Gasteiger partial charge in [-0.15, -0.1) is 0 Å². The van der Waals surface area contributed by atoms with E-state index in [1.165, 1.54) is 0 Å². The van der Waals surface area contributed by atoms with Gasteiger partial charge in [0.1, 0.15) is 0 Å². The molecule has 18 heavy (non-hydrogen) atoms. The first kappa shape index (κ1) is 16.9. The molecule has 0 aromatic rings. The van der Waals surface area contributed by atoms with Gasteiger partial charge in [0.05, 0.1) is 6.42 Å². The van der Waals surface area contributed by atoms with Crippen LogP contribution in [0.25, 0.3) is 0 Å². The molecule has 106 valence electrons. The fourth-order valence-electron chi connectivity index (χ4n) is 1.62. The number of hydrogen-bond acceptors (Lipinski definition) is 3. The van der Waals surface area contributed by atoms with Crippen molar-refractivity contribution in [1.29, 1.82) is 0 Å². The van der Waals surface area contributed by atoms with Gasteiger partial charge in [-0.05, 0) is 18.3 Å². The molecule has 0 saturated carbocycles. The minimum atomic E-state index is -0.874. The maximum atomic E-state index is 11.6. The molecule has 0 aliphatic carbocycles. The van der Waals surface area contributed by atoms with E-state index < -0.39 is 11.4 Å². The third-order valence-corrected chi connectivity index (χ3v) is 2.40. The van der Waals surface area contributed by atoms with E-state index in [-0.39, 0.29) is 18.7 Å². The van der Waals surface area contributed by atoms with Gasteiger partial charge in [-0.1, -0.05) is 20.8 Å². The molecule has 0 spiro atoms. The third-order valence-electron chi connectivity index (χ3n) is 2.40. The van der Waals surface area contributed by atoms with E-state index in [1.807, 2.05) is 6.92 Å². The molecule has 0 bridgehead atoms. The number of aliphatic carboxylic acids is 1. The molecule has 0 aromatic carbocycles. The second-order valence-electron chi connectivity index (χ2n) is 5.23. The maximum absolute atomic E-state index is 11.6. The van der Waals surface area contributed by atoms with Crippen LogP contribution in [0.5, 0.6) is 0 Å². The normalized spacial score (nSPS) is 11.3. The predicted octanol–water partition coefficient (Wildman–Crippen LogP) is 1.81. The van der Waals surface area contributed by atoms with Gasteiger partial charge in [0.2, 0.25) is 5.91 Å².